The first-order valence-electron chi connectivity index (χ1n) is 6.00. The highest BCUT2D eigenvalue weighted by molar-refractivity contribution is 7.99. The predicted molar refractivity (Wildman–Crippen MR) is 76.7 cm³/mol. The summed E-state index contributed by atoms with van der Waals surface area (Å²) in [5.74, 6) is 0.796. The lowest BCUT2D eigenvalue weighted by molar-refractivity contribution is 0.540. The molecule has 106 valence electrons. The van der Waals surface area contributed by atoms with Crippen molar-refractivity contribution in [3.63, 3.8) is 0 Å². The van der Waals surface area contributed by atoms with E-state index in [9.17, 15) is 12.8 Å². The van der Waals surface area contributed by atoms with Gasteiger partial charge in [-0.3, -0.25) is 0 Å². The Labute approximate surface area is 122 Å². The van der Waals surface area contributed by atoms with Gasteiger partial charge in [-0.25, -0.2) is 17.5 Å². The number of fused-ring (bicyclic) bond motifs is 1. The van der Waals surface area contributed by atoms with E-state index < -0.39 is 10.0 Å². The zero-order valence-corrected chi connectivity index (χ0v) is 12.6. The molecule has 0 saturated heterocycles. The number of sulfonamides is 1. The van der Waals surface area contributed by atoms with Crippen LogP contribution in [0, 0.1) is 5.82 Å². The Balaban J connectivity index is 2.17. The van der Waals surface area contributed by atoms with Crippen LogP contribution in [0.4, 0.5) is 4.39 Å². The van der Waals surface area contributed by atoms with Crippen molar-refractivity contribution in [1.29, 1.82) is 0 Å². The normalized spacial score (nSPS) is 19.2. The molecule has 0 saturated carbocycles. The van der Waals surface area contributed by atoms with E-state index in [-0.39, 0.29) is 17.6 Å². The standard InChI is InChI=1S/C12H15ClFNO2S2/c13-5-1-7-19(16,17)15-11-4-6-18-12-3-2-9(14)8-10(11)12/h2-3,8,11,15H,1,4-7H2. The molecule has 3 nitrogen and oxygen atoms in total. The molecule has 1 aliphatic heterocycles. The van der Waals surface area contributed by atoms with Crippen LogP contribution in [0.15, 0.2) is 23.1 Å². The number of benzene rings is 1. The summed E-state index contributed by atoms with van der Waals surface area (Å²) in [5.41, 5.74) is 0.727. The van der Waals surface area contributed by atoms with Crippen LogP contribution < -0.4 is 4.72 Å². The molecule has 1 atom stereocenters. The van der Waals surface area contributed by atoms with Gasteiger partial charge in [-0.05, 0) is 42.4 Å². The van der Waals surface area contributed by atoms with Crippen LogP contribution in [0.1, 0.15) is 24.4 Å². The second kappa shape index (κ2) is 6.43. The van der Waals surface area contributed by atoms with Crippen LogP contribution >= 0.6 is 23.4 Å². The maximum Gasteiger partial charge on any atom is 0.212 e. The van der Waals surface area contributed by atoms with Crippen LogP contribution in [0.3, 0.4) is 0 Å². The van der Waals surface area contributed by atoms with Gasteiger partial charge in [0.05, 0.1) is 5.75 Å². The third kappa shape index (κ3) is 4.08. The highest BCUT2D eigenvalue weighted by Crippen LogP contribution is 2.36. The van der Waals surface area contributed by atoms with Crippen molar-refractivity contribution in [3.8, 4) is 0 Å². The van der Waals surface area contributed by atoms with Crippen molar-refractivity contribution in [2.75, 3.05) is 17.4 Å². The van der Waals surface area contributed by atoms with E-state index in [1.54, 1.807) is 17.8 Å². The Morgan fingerprint density at radius 3 is 3.00 bits per heavy atom. The molecule has 0 amide bonds. The number of thioether (sulfide) groups is 1. The highest BCUT2D eigenvalue weighted by Gasteiger charge is 2.25. The SMILES string of the molecule is O=S(=O)(CCCCl)NC1CCSc2ccc(F)cc21. The molecule has 1 unspecified atom stereocenters. The van der Waals surface area contributed by atoms with Gasteiger partial charge >= 0.3 is 0 Å². The first-order valence-corrected chi connectivity index (χ1v) is 9.17. The van der Waals surface area contributed by atoms with Crippen molar-refractivity contribution in [3.05, 3.63) is 29.6 Å². The van der Waals surface area contributed by atoms with Gasteiger partial charge in [0.2, 0.25) is 10.0 Å². The third-order valence-corrected chi connectivity index (χ3v) is 5.74. The minimum atomic E-state index is -3.37. The molecule has 0 bridgehead atoms. The summed E-state index contributed by atoms with van der Waals surface area (Å²) in [4.78, 5) is 0.942. The molecule has 1 aromatic rings. The van der Waals surface area contributed by atoms with Crippen molar-refractivity contribution in [2.45, 2.75) is 23.8 Å². The maximum absolute atomic E-state index is 13.3. The van der Waals surface area contributed by atoms with Crippen LogP contribution in [0.2, 0.25) is 0 Å². The molecule has 1 heterocycles. The fraction of sp³-hybridized carbons (Fsp3) is 0.500. The molecule has 0 aliphatic carbocycles. The van der Waals surface area contributed by atoms with Crippen LogP contribution in [-0.4, -0.2) is 25.8 Å². The van der Waals surface area contributed by atoms with Crippen molar-refractivity contribution < 1.29 is 12.8 Å². The van der Waals surface area contributed by atoms with E-state index >= 15 is 0 Å². The van der Waals surface area contributed by atoms with Crippen molar-refractivity contribution in [1.82, 2.24) is 4.72 Å². The maximum atomic E-state index is 13.3. The zero-order chi connectivity index (χ0) is 13.9. The fourth-order valence-electron chi connectivity index (χ4n) is 2.01. The zero-order valence-electron chi connectivity index (χ0n) is 10.2. The van der Waals surface area contributed by atoms with E-state index in [0.717, 1.165) is 16.2 Å². The van der Waals surface area contributed by atoms with Gasteiger partial charge in [-0.1, -0.05) is 0 Å². The van der Waals surface area contributed by atoms with Gasteiger partial charge in [-0.2, -0.15) is 0 Å². The lowest BCUT2D eigenvalue weighted by atomic mass is 10.0. The summed E-state index contributed by atoms with van der Waals surface area (Å²) >= 11 is 7.13. The number of hydrogen-bond donors (Lipinski definition) is 1. The monoisotopic (exact) mass is 323 g/mol. The number of halogens is 2. The van der Waals surface area contributed by atoms with Gasteiger partial charge in [0.1, 0.15) is 5.82 Å². The number of rotatable bonds is 5. The first kappa shape index (κ1) is 15.1. The molecule has 0 radical (unpaired) electrons. The van der Waals surface area contributed by atoms with E-state index in [0.29, 0.717) is 18.7 Å². The molecule has 1 aliphatic rings. The second-order valence-corrected chi connectivity index (χ2v) is 7.74. The highest BCUT2D eigenvalue weighted by atomic mass is 35.5. The van der Waals surface area contributed by atoms with Gasteiger partial charge < -0.3 is 0 Å². The Kier molecular flexibility index (Phi) is 5.11. The summed E-state index contributed by atoms with van der Waals surface area (Å²) in [7, 11) is -3.37. The molecule has 0 spiro atoms. The van der Waals surface area contributed by atoms with Gasteiger partial charge in [0, 0.05) is 16.8 Å². The molecule has 2 rings (SSSR count). The Morgan fingerprint density at radius 2 is 2.26 bits per heavy atom. The van der Waals surface area contributed by atoms with Crippen LogP contribution in [-0.2, 0) is 10.0 Å². The van der Waals surface area contributed by atoms with Crippen molar-refractivity contribution in [2.24, 2.45) is 0 Å². The Bertz CT molecular complexity index is 551. The number of nitrogens with one attached hydrogen (secondary N) is 1. The topological polar surface area (TPSA) is 46.2 Å². The molecular weight excluding hydrogens is 309 g/mol. The van der Waals surface area contributed by atoms with Gasteiger partial charge in [0.15, 0.2) is 0 Å². The van der Waals surface area contributed by atoms with Crippen LogP contribution in [0.25, 0.3) is 0 Å². The number of alkyl halides is 1. The molecule has 1 aromatic carbocycles. The fourth-order valence-corrected chi connectivity index (χ4v) is 4.73. The van der Waals surface area contributed by atoms with E-state index in [1.807, 2.05) is 0 Å². The van der Waals surface area contributed by atoms with Crippen molar-refractivity contribution >= 4 is 33.4 Å². The van der Waals surface area contributed by atoms with Gasteiger partial charge in [-0.15, -0.1) is 23.4 Å². The quantitative estimate of drug-likeness (QED) is 0.847. The summed E-state index contributed by atoms with van der Waals surface area (Å²) in [6.07, 6.45) is 1.08. The van der Waals surface area contributed by atoms with E-state index in [2.05, 4.69) is 4.72 Å². The van der Waals surface area contributed by atoms with Crippen LogP contribution in [0.5, 0.6) is 0 Å². The van der Waals surface area contributed by atoms with E-state index in [1.165, 1.54) is 12.1 Å². The molecule has 7 heteroatoms. The summed E-state index contributed by atoms with van der Waals surface area (Å²) in [5, 5.41) is 0. The Hall–Kier alpha value is -0.300. The average Bonchev–Trinajstić information content (AvgIpc) is 2.37. The molecule has 0 fully saturated rings. The molecular formula is C12H15ClFNO2S2. The lowest BCUT2D eigenvalue weighted by Crippen LogP contribution is -2.32. The van der Waals surface area contributed by atoms with E-state index in [4.69, 9.17) is 11.6 Å². The third-order valence-electron chi connectivity index (χ3n) is 2.88. The lowest BCUT2D eigenvalue weighted by Gasteiger charge is -2.25. The molecule has 1 N–H and O–H groups in total. The average molecular weight is 324 g/mol. The first-order chi connectivity index (χ1) is 9.02. The largest absolute Gasteiger partial charge is 0.212 e. The summed E-state index contributed by atoms with van der Waals surface area (Å²) in [6, 6.07) is 4.17. The van der Waals surface area contributed by atoms with Gasteiger partial charge in [0.25, 0.3) is 0 Å². The molecule has 0 aromatic heterocycles. The minimum Gasteiger partial charge on any atom is -0.212 e. The minimum absolute atomic E-state index is 0.00475. The number of hydrogen-bond acceptors (Lipinski definition) is 3. The summed E-state index contributed by atoms with van der Waals surface area (Å²) < 4.78 is 39.7. The predicted octanol–water partition coefficient (Wildman–Crippen LogP) is 2.91. The Morgan fingerprint density at radius 1 is 1.47 bits per heavy atom. The smallest absolute Gasteiger partial charge is 0.212 e. The molecule has 19 heavy (non-hydrogen) atoms. The second-order valence-electron chi connectivity index (χ2n) is 4.35. The summed E-state index contributed by atoms with van der Waals surface area (Å²) in [6.45, 7) is 0.